The molecule has 2 aromatic carbocycles. The minimum Gasteiger partial charge on any atom is -0.478 e. The van der Waals surface area contributed by atoms with Crippen molar-refractivity contribution in [3.8, 4) is 22.5 Å². The van der Waals surface area contributed by atoms with Gasteiger partial charge < -0.3 is 14.6 Å². The van der Waals surface area contributed by atoms with Crippen molar-refractivity contribution < 1.29 is 24.2 Å². The van der Waals surface area contributed by atoms with Crippen molar-refractivity contribution in [3.05, 3.63) is 77.1 Å². The van der Waals surface area contributed by atoms with Crippen molar-refractivity contribution in [2.75, 3.05) is 6.54 Å². The van der Waals surface area contributed by atoms with E-state index in [4.69, 9.17) is 4.42 Å². The summed E-state index contributed by atoms with van der Waals surface area (Å²) in [6.07, 6.45) is 0. The molecule has 0 atom stereocenters. The predicted octanol–water partition coefficient (Wildman–Crippen LogP) is 4.52. The fourth-order valence-corrected chi connectivity index (χ4v) is 3.47. The van der Waals surface area contributed by atoms with E-state index < -0.39 is 11.9 Å². The summed E-state index contributed by atoms with van der Waals surface area (Å²) in [6.45, 7) is 2.53. The van der Waals surface area contributed by atoms with Gasteiger partial charge in [0.25, 0.3) is 0 Å². The first-order valence-corrected chi connectivity index (χ1v) is 9.06. The Morgan fingerprint density at radius 3 is 2.45 bits per heavy atom. The first kappa shape index (κ1) is 18.4. The summed E-state index contributed by atoms with van der Waals surface area (Å²) in [4.78, 5) is 27.6. The highest BCUT2D eigenvalue weighted by atomic mass is 16.4. The molecule has 2 aromatic rings. The van der Waals surface area contributed by atoms with E-state index in [-0.39, 0.29) is 11.1 Å². The topological polar surface area (TPSA) is 100 Å². The van der Waals surface area contributed by atoms with Crippen LogP contribution in [0.1, 0.15) is 27.6 Å². The largest absolute Gasteiger partial charge is 0.478 e. The standard InChI is InChI=1S/C23H17NO5/c1-2-24-14-8-10-18-20(12-14)29-19-11-13(22(25)26)7-9-17(19)21(18)15-5-3-4-6-16(15)23(27)28/h3-12H,2H2,1H3,(H,25,26)(H,27,28). The predicted molar refractivity (Wildman–Crippen MR) is 108 cm³/mol. The normalized spacial score (nSPS) is 11.8. The maximum absolute atomic E-state index is 11.8. The molecular formula is C23H17NO5. The van der Waals surface area contributed by atoms with Gasteiger partial charge in [0.2, 0.25) is 0 Å². The third-order valence-corrected chi connectivity index (χ3v) is 4.72. The Labute approximate surface area is 165 Å². The van der Waals surface area contributed by atoms with Crippen LogP contribution in [0.2, 0.25) is 0 Å². The number of hydrogen-bond acceptors (Lipinski definition) is 4. The molecule has 0 fully saturated rings. The number of rotatable bonds is 4. The number of hydrogen-bond donors (Lipinski definition) is 2. The number of benzene rings is 3. The van der Waals surface area contributed by atoms with Crippen LogP contribution >= 0.6 is 0 Å². The van der Waals surface area contributed by atoms with Crippen molar-refractivity contribution in [1.29, 1.82) is 0 Å². The molecule has 0 bridgehead atoms. The number of carboxylic acids is 2. The summed E-state index contributed by atoms with van der Waals surface area (Å²) < 4.78 is 6.02. The molecule has 1 aliphatic carbocycles. The smallest absolute Gasteiger partial charge is 0.336 e. The van der Waals surface area contributed by atoms with Crippen LogP contribution in [0.15, 0.2) is 70.1 Å². The third kappa shape index (κ3) is 3.25. The van der Waals surface area contributed by atoms with Gasteiger partial charge in [-0.05, 0) is 48.9 Å². The van der Waals surface area contributed by atoms with Crippen LogP contribution in [-0.2, 0) is 0 Å². The summed E-state index contributed by atoms with van der Waals surface area (Å²) in [5, 5.41) is 20.4. The monoisotopic (exact) mass is 387 g/mol. The minimum absolute atomic E-state index is 0.0903. The van der Waals surface area contributed by atoms with Gasteiger partial charge in [-0.15, -0.1) is 0 Å². The zero-order valence-corrected chi connectivity index (χ0v) is 15.5. The Bertz CT molecular complexity index is 1300. The molecule has 0 spiro atoms. The van der Waals surface area contributed by atoms with Gasteiger partial charge in [-0.25, -0.2) is 9.59 Å². The Kier molecular flexibility index (Phi) is 4.60. The zero-order valence-electron chi connectivity index (χ0n) is 15.5. The van der Waals surface area contributed by atoms with E-state index in [1.807, 2.05) is 19.1 Å². The fourth-order valence-electron chi connectivity index (χ4n) is 3.47. The van der Waals surface area contributed by atoms with Gasteiger partial charge in [0, 0.05) is 29.1 Å². The van der Waals surface area contributed by atoms with Crippen LogP contribution in [0.3, 0.4) is 0 Å². The van der Waals surface area contributed by atoms with Crippen molar-refractivity contribution in [3.63, 3.8) is 0 Å². The highest BCUT2D eigenvalue weighted by Gasteiger charge is 2.21. The molecule has 0 aromatic heterocycles. The highest BCUT2D eigenvalue weighted by Crippen LogP contribution is 2.41. The second-order valence-electron chi connectivity index (χ2n) is 6.50. The first-order chi connectivity index (χ1) is 14.0. The quantitative estimate of drug-likeness (QED) is 0.502. The van der Waals surface area contributed by atoms with Gasteiger partial charge in [-0.3, -0.25) is 4.99 Å². The van der Waals surface area contributed by atoms with Crippen molar-refractivity contribution in [1.82, 2.24) is 0 Å². The molecule has 0 saturated heterocycles. The van der Waals surface area contributed by atoms with Crippen LogP contribution in [0.4, 0.5) is 0 Å². The molecule has 2 aliphatic rings. The molecule has 1 aliphatic heterocycles. The lowest BCUT2D eigenvalue weighted by Crippen LogP contribution is -2.05. The summed E-state index contributed by atoms with van der Waals surface area (Å²) >= 11 is 0. The van der Waals surface area contributed by atoms with Crippen molar-refractivity contribution in [2.24, 2.45) is 4.99 Å². The second kappa shape index (κ2) is 7.24. The summed E-state index contributed by atoms with van der Waals surface area (Å²) in [6, 6.07) is 16.8. The van der Waals surface area contributed by atoms with E-state index in [9.17, 15) is 19.8 Å². The first-order valence-electron chi connectivity index (χ1n) is 9.06. The van der Waals surface area contributed by atoms with E-state index in [2.05, 4.69) is 4.99 Å². The molecule has 6 nitrogen and oxygen atoms in total. The maximum Gasteiger partial charge on any atom is 0.336 e. The fraction of sp³-hybridized carbons (Fsp3) is 0.0870. The van der Waals surface area contributed by atoms with Crippen LogP contribution in [0.5, 0.6) is 0 Å². The second-order valence-corrected chi connectivity index (χ2v) is 6.50. The summed E-state index contributed by atoms with van der Waals surface area (Å²) in [5.41, 5.74) is 2.55. The van der Waals surface area contributed by atoms with Crippen molar-refractivity contribution in [2.45, 2.75) is 6.92 Å². The highest BCUT2D eigenvalue weighted by molar-refractivity contribution is 6.08. The Balaban J connectivity index is 2.17. The minimum atomic E-state index is -1.07. The molecule has 29 heavy (non-hydrogen) atoms. The average Bonchev–Trinajstić information content (AvgIpc) is 2.71. The molecular weight excluding hydrogens is 370 g/mol. The van der Waals surface area contributed by atoms with E-state index in [1.54, 1.807) is 36.4 Å². The molecule has 4 rings (SSSR count). The average molecular weight is 387 g/mol. The molecule has 2 N–H and O–H groups in total. The van der Waals surface area contributed by atoms with Gasteiger partial charge >= 0.3 is 11.9 Å². The number of aromatic carboxylic acids is 2. The number of carboxylic acid groups (broad SMARTS) is 2. The van der Waals surface area contributed by atoms with Crippen LogP contribution in [0.25, 0.3) is 33.4 Å². The van der Waals surface area contributed by atoms with Gasteiger partial charge in [0.15, 0.2) is 0 Å². The Morgan fingerprint density at radius 1 is 0.931 bits per heavy atom. The number of fused-ring (bicyclic) bond motifs is 2. The SMILES string of the molecule is CCN=c1ccc2c(-c3ccccc3C(=O)O)c3ccc(C(=O)O)cc3oc-2c1. The molecule has 6 heteroatoms. The molecule has 0 saturated carbocycles. The maximum atomic E-state index is 11.8. The van der Waals surface area contributed by atoms with Crippen LogP contribution < -0.4 is 5.36 Å². The lowest BCUT2D eigenvalue weighted by Gasteiger charge is -2.17. The zero-order chi connectivity index (χ0) is 20.5. The lowest BCUT2D eigenvalue weighted by molar-refractivity contribution is 0.0686. The summed E-state index contributed by atoms with van der Waals surface area (Å²) in [7, 11) is 0. The molecule has 0 radical (unpaired) electrons. The molecule has 1 heterocycles. The van der Waals surface area contributed by atoms with E-state index in [1.165, 1.54) is 12.1 Å². The van der Waals surface area contributed by atoms with Gasteiger partial charge in [0.05, 0.1) is 16.5 Å². The molecule has 0 amide bonds. The molecule has 0 unspecified atom stereocenters. The Morgan fingerprint density at radius 2 is 1.72 bits per heavy atom. The van der Waals surface area contributed by atoms with Gasteiger partial charge in [-0.2, -0.15) is 0 Å². The van der Waals surface area contributed by atoms with Crippen LogP contribution in [-0.4, -0.2) is 28.7 Å². The van der Waals surface area contributed by atoms with Crippen molar-refractivity contribution >= 4 is 22.9 Å². The van der Waals surface area contributed by atoms with E-state index >= 15 is 0 Å². The van der Waals surface area contributed by atoms with E-state index in [0.29, 0.717) is 34.4 Å². The Hall–Kier alpha value is -3.93. The molecule has 144 valence electrons. The summed E-state index contributed by atoms with van der Waals surface area (Å²) in [5.74, 6) is -1.60. The van der Waals surface area contributed by atoms with Gasteiger partial charge in [-0.1, -0.05) is 18.2 Å². The third-order valence-electron chi connectivity index (χ3n) is 4.72. The number of nitrogens with zero attached hydrogens (tertiary/aromatic N) is 1. The van der Waals surface area contributed by atoms with E-state index in [0.717, 1.165) is 10.9 Å². The van der Waals surface area contributed by atoms with Crippen LogP contribution in [0, 0.1) is 0 Å². The number of carbonyl (C=O) groups is 2. The lowest BCUT2D eigenvalue weighted by atomic mass is 9.90. The van der Waals surface area contributed by atoms with Gasteiger partial charge in [0.1, 0.15) is 11.3 Å².